The first kappa shape index (κ1) is 23.1. The summed E-state index contributed by atoms with van der Waals surface area (Å²) in [7, 11) is 0. The Morgan fingerprint density at radius 2 is 1.40 bits per heavy atom. The Labute approximate surface area is 185 Å². The number of benzene rings is 1. The molecule has 0 unspecified atom stereocenters. The summed E-state index contributed by atoms with van der Waals surface area (Å²) in [5.41, 5.74) is 0. The molecule has 6 nitrogen and oxygen atoms in total. The second-order valence-corrected chi connectivity index (χ2v) is 8.08. The van der Waals surface area contributed by atoms with Gasteiger partial charge in [0, 0.05) is 4.92 Å². The van der Waals surface area contributed by atoms with Gasteiger partial charge in [0.1, 0.15) is 10.6 Å². The van der Waals surface area contributed by atoms with E-state index in [1.54, 1.807) is 47.0 Å². The maximum Gasteiger partial charge on any atom is 0.353 e. The molecular weight excluding hydrogens is 442 g/mol. The SMILES string of the molecule is O=C(C[N+](=O)[O-])c1cccs1.O=C(Oc1ccccc1)c1cccs1.c1ccsc1. The van der Waals surface area contributed by atoms with E-state index in [0.717, 1.165) is 0 Å². The monoisotopic (exact) mass is 459 g/mol. The highest BCUT2D eigenvalue weighted by molar-refractivity contribution is 7.12. The Bertz CT molecular complexity index is 981. The number of esters is 1. The predicted octanol–water partition coefficient (Wildman–Crippen LogP) is 5.92. The Morgan fingerprint density at radius 1 is 0.800 bits per heavy atom. The van der Waals surface area contributed by atoms with Gasteiger partial charge in [-0.3, -0.25) is 14.9 Å². The molecule has 0 aliphatic heterocycles. The lowest BCUT2D eigenvalue weighted by atomic mass is 10.3. The third-order valence-corrected chi connectivity index (χ3v) is 5.56. The average molecular weight is 460 g/mol. The molecule has 154 valence electrons. The molecule has 0 amide bonds. The van der Waals surface area contributed by atoms with Crippen molar-refractivity contribution in [3.05, 3.63) is 108 Å². The van der Waals surface area contributed by atoms with E-state index in [0.29, 0.717) is 15.5 Å². The second-order valence-electron chi connectivity index (χ2n) is 5.36. The molecule has 3 heterocycles. The van der Waals surface area contributed by atoms with Crippen LogP contribution in [0.2, 0.25) is 0 Å². The molecule has 1 aromatic carbocycles. The van der Waals surface area contributed by atoms with Crippen molar-refractivity contribution in [3.63, 3.8) is 0 Å². The van der Waals surface area contributed by atoms with Crippen LogP contribution in [-0.4, -0.2) is 23.2 Å². The van der Waals surface area contributed by atoms with Crippen molar-refractivity contribution in [3.8, 4) is 5.75 Å². The molecule has 3 aromatic heterocycles. The van der Waals surface area contributed by atoms with Gasteiger partial charge in [0.25, 0.3) is 6.54 Å². The molecule has 0 aliphatic rings. The number of hydrogen-bond acceptors (Lipinski definition) is 8. The van der Waals surface area contributed by atoms with Crippen LogP contribution >= 0.6 is 34.0 Å². The lowest BCUT2D eigenvalue weighted by Crippen LogP contribution is -2.12. The van der Waals surface area contributed by atoms with Crippen LogP contribution in [0, 0.1) is 10.1 Å². The van der Waals surface area contributed by atoms with Crippen LogP contribution in [-0.2, 0) is 0 Å². The van der Waals surface area contributed by atoms with Gasteiger partial charge in [0.05, 0.1) is 4.88 Å². The molecule has 9 heteroatoms. The summed E-state index contributed by atoms with van der Waals surface area (Å²) < 4.78 is 5.13. The van der Waals surface area contributed by atoms with E-state index < -0.39 is 17.3 Å². The average Bonchev–Trinajstić information content (AvgIpc) is 3.54. The van der Waals surface area contributed by atoms with Crippen molar-refractivity contribution < 1.29 is 19.2 Å². The third-order valence-electron chi connectivity index (χ3n) is 3.17. The number of carbonyl (C=O) groups excluding carboxylic acids is 2. The Hall–Kier alpha value is -3.14. The number of carbonyl (C=O) groups is 2. The molecule has 0 aliphatic carbocycles. The highest BCUT2D eigenvalue weighted by Crippen LogP contribution is 2.14. The summed E-state index contributed by atoms with van der Waals surface area (Å²) in [6.45, 7) is -0.611. The van der Waals surface area contributed by atoms with Crippen molar-refractivity contribution >= 4 is 45.8 Å². The Balaban J connectivity index is 0.000000177. The first-order valence-electron chi connectivity index (χ1n) is 8.52. The van der Waals surface area contributed by atoms with Gasteiger partial charge in [0.15, 0.2) is 0 Å². The van der Waals surface area contributed by atoms with Crippen LogP contribution in [0.15, 0.2) is 88.3 Å². The van der Waals surface area contributed by atoms with Crippen LogP contribution < -0.4 is 4.74 Å². The molecule has 0 saturated heterocycles. The van der Waals surface area contributed by atoms with Crippen LogP contribution in [0.5, 0.6) is 5.75 Å². The molecule has 0 fully saturated rings. The van der Waals surface area contributed by atoms with Crippen LogP contribution in [0.3, 0.4) is 0 Å². The van der Waals surface area contributed by atoms with E-state index in [9.17, 15) is 19.7 Å². The van der Waals surface area contributed by atoms with Gasteiger partial charge < -0.3 is 4.74 Å². The number of rotatable bonds is 5. The van der Waals surface area contributed by atoms with E-state index in [1.165, 1.54) is 22.7 Å². The summed E-state index contributed by atoms with van der Waals surface area (Å²) in [6, 6.07) is 19.9. The minimum Gasteiger partial charge on any atom is -0.422 e. The summed E-state index contributed by atoms with van der Waals surface area (Å²) in [5.74, 6) is -0.151. The number of nitrogens with zero attached hydrogens (tertiary/aromatic N) is 1. The first-order valence-corrected chi connectivity index (χ1v) is 11.2. The van der Waals surface area contributed by atoms with E-state index >= 15 is 0 Å². The lowest BCUT2D eigenvalue weighted by molar-refractivity contribution is -0.465. The van der Waals surface area contributed by atoms with Gasteiger partial charge in [-0.05, 0) is 45.8 Å². The number of ether oxygens (including phenoxy) is 1. The molecule has 30 heavy (non-hydrogen) atoms. The fraction of sp³-hybridized carbons (Fsp3) is 0.0476. The van der Waals surface area contributed by atoms with Gasteiger partial charge >= 0.3 is 5.97 Å². The first-order chi connectivity index (χ1) is 14.6. The normalized spacial score (nSPS) is 9.33. The largest absolute Gasteiger partial charge is 0.422 e. The topological polar surface area (TPSA) is 86.5 Å². The molecule has 0 saturated carbocycles. The minimum atomic E-state index is -0.623. The molecule has 0 spiro atoms. The van der Waals surface area contributed by atoms with Gasteiger partial charge in [0.2, 0.25) is 5.78 Å². The van der Waals surface area contributed by atoms with Gasteiger partial charge in [-0.15, -0.1) is 22.7 Å². The van der Waals surface area contributed by atoms with E-state index in [1.807, 2.05) is 52.5 Å². The molecule has 4 rings (SSSR count). The number of hydrogen-bond donors (Lipinski definition) is 0. The van der Waals surface area contributed by atoms with E-state index in [-0.39, 0.29) is 5.97 Å². The van der Waals surface area contributed by atoms with Crippen molar-refractivity contribution in [1.29, 1.82) is 0 Å². The van der Waals surface area contributed by atoms with Crippen molar-refractivity contribution in [2.45, 2.75) is 0 Å². The number of para-hydroxylation sites is 1. The number of nitro groups is 1. The number of thiophene rings is 3. The maximum atomic E-state index is 11.5. The molecular formula is C21H17NO5S3. The number of Topliss-reactive ketones (excluding diaryl/α,β-unsaturated/α-hetero) is 1. The van der Waals surface area contributed by atoms with Crippen molar-refractivity contribution in [2.75, 3.05) is 6.54 Å². The van der Waals surface area contributed by atoms with Crippen molar-refractivity contribution in [2.24, 2.45) is 0 Å². The van der Waals surface area contributed by atoms with Gasteiger partial charge in [-0.2, -0.15) is 11.3 Å². The molecule has 0 atom stereocenters. The molecule has 4 aromatic rings. The quantitative estimate of drug-likeness (QED) is 0.121. The second kappa shape index (κ2) is 13.2. The van der Waals surface area contributed by atoms with Crippen LogP contribution in [0.4, 0.5) is 0 Å². The van der Waals surface area contributed by atoms with E-state index in [2.05, 4.69) is 0 Å². The molecule has 0 N–H and O–H groups in total. The molecule has 0 bridgehead atoms. The summed E-state index contributed by atoms with van der Waals surface area (Å²) in [5, 5.41) is 17.5. The van der Waals surface area contributed by atoms with E-state index in [4.69, 9.17) is 4.74 Å². The van der Waals surface area contributed by atoms with Gasteiger partial charge in [-0.25, -0.2) is 4.79 Å². The molecule has 0 radical (unpaired) electrons. The summed E-state index contributed by atoms with van der Waals surface area (Å²) >= 11 is 4.31. The summed E-state index contributed by atoms with van der Waals surface area (Å²) in [4.78, 5) is 32.7. The number of ketones is 1. The maximum absolute atomic E-state index is 11.5. The zero-order valence-corrected chi connectivity index (χ0v) is 18.0. The van der Waals surface area contributed by atoms with Crippen LogP contribution in [0.25, 0.3) is 0 Å². The Kier molecular flexibility index (Phi) is 10.1. The fourth-order valence-electron chi connectivity index (χ4n) is 1.90. The predicted molar refractivity (Wildman–Crippen MR) is 121 cm³/mol. The smallest absolute Gasteiger partial charge is 0.353 e. The highest BCUT2D eigenvalue weighted by atomic mass is 32.1. The fourth-order valence-corrected chi connectivity index (χ4v) is 3.61. The standard InChI is InChI=1S/C11H8O2S.C6H5NO3S.C4H4S/c12-11(10-7-4-8-14-10)13-9-5-2-1-3-6-9;8-5(4-7(9)10)6-2-1-3-11-6;1-2-4-5-3-1/h1-8H;1-3H,4H2;1-4H. The van der Waals surface area contributed by atoms with Crippen LogP contribution in [0.1, 0.15) is 19.3 Å². The minimum absolute atomic E-state index is 0.300. The van der Waals surface area contributed by atoms with Gasteiger partial charge in [-0.1, -0.05) is 42.5 Å². The zero-order valence-electron chi connectivity index (χ0n) is 15.6. The third kappa shape index (κ3) is 8.91. The highest BCUT2D eigenvalue weighted by Gasteiger charge is 2.12. The lowest BCUT2D eigenvalue weighted by Gasteiger charge is -2.00. The zero-order chi connectivity index (χ0) is 21.6. The summed E-state index contributed by atoms with van der Waals surface area (Å²) in [6.07, 6.45) is 0. The Morgan fingerprint density at radius 3 is 1.87 bits per heavy atom. The van der Waals surface area contributed by atoms with Crippen molar-refractivity contribution in [1.82, 2.24) is 0 Å².